The SMILES string of the molecule is CCCN1CCc2c(sc(NC(=O)c3ccc(S(=O)(=O)N(C)c4ccccc4)cc3)c2C(=O)N(C)C)C1. The molecule has 0 unspecified atom stereocenters. The van der Waals surface area contributed by atoms with E-state index in [1.54, 1.807) is 38.4 Å². The van der Waals surface area contributed by atoms with Crippen molar-refractivity contribution in [2.75, 3.05) is 43.9 Å². The maximum absolute atomic E-state index is 13.2. The molecule has 0 fully saturated rings. The molecule has 1 N–H and O–H groups in total. The van der Waals surface area contributed by atoms with Crippen LogP contribution in [0, 0.1) is 0 Å². The highest BCUT2D eigenvalue weighted by Gasteiger charge is 2.29. The molecule has 0 bridgehead atoms. The van der Waals surface area contributed by atoms with E-state index in [-0.39, 0.29) is 10.8 Å². The fraction of sp³-hybridized carbons (Fsp3) is 0.333. The van der Waals surface area contributed by atoms with Gasteiger partial charge in [-0.25, -0.2) is 8.42 Å². The summed E-state index contributed by atoms with van der Waals surface area (Å²) in [5.74, 6) is -0.528. The third-order valence-corrected chi connectivity index (χ3v) is 9.35. The van der Waals surface area contributed by atoms with Gasteiger partial charge in [0, 0.05) is 44.7 Å². The first-order chi connectivity index (χ1) is 17.6. The molecular formula is C27H32N4O4S2. The van der Waals surface area contributed by atoms with Crippen molar-refractivity contribution in [1.29, 1.82) is 0 Å². The second-order valence-electron chi connectivity index (χ2n) is 9.22. The number of fused-ring (bicyclic) bond motifs is 1. The van der Waals surface area contributed by atoms with Crippen molar-refractivity contribution in [1.82, 2.24) is 9.80 Å². The predicted octanol–water partition coefficient (Wildman–Crippen LogP) is 4.30. The number of nitrogens with one attached hydrogen (secondary N) is 1. The molecule has 0 saturated carbocycles. The van der Waals surface area contributed by atoms with Gasteiger partial charge in [-0.3, -0.25) is 18.8 Å². The van der Waals surface area contributed by atoms with E-state index in [4.69, 9.17) is 0 Å². The Labute approximate surface area is 222 Å². The molecule has 2 amide bonds. The number of carbonyl (C=O) groups excluding carboxylic acids is 2. The van der Waals surface area contributed by atoms with Gasteiger partial charge in [0.25, 0.3) is 21.8 Å². The summed E-state index contributed by atoms with van der Waals surface area (Å²) in [6.45, 7) is 4.78. The predicted molar refractivity (Wildman–Crippen MR) is 148 cm³/mol. The van der Waals surface area contributed by atoms with E-state index < -0.39 is 15.9 Å². The Morgan fingerprint density at radius 2 is 1.70 bits per heavy atom. The number of nitrogens with zero attached hydrogens (tertiary/aromatic N) is 3. The zero-order valence-electron chi connectivity index (χ0n) is 21.5. The van der Waals surface area contributed by atoms with E-state index in [2.05, 4.69) is 17.1 Å². The van der Waals surface area contributed by atoms with Crippen LogP contribution in [0.5, 0.6) is 0 Å². The van der Waals surface area contributed by atoms with Gasteiger partial charge in [-0.1, -0.05) is 25.1 Å². The molecule has 2 heterocycles. The van der Waals surface area contributed by atoms with Crippen molar-refractivity contribution < 1.29 is 18.0 Å². The molecular weight excluding hydrogens is 508 g/mol. The number of amides is 2. The maximum atomic E-state index is 13.2. The summed E-state index contributed by atoms with van der Waals surface area (Å²) in [4.78, 5) is 31.3. The lowest BCUT2D eigenvalue weighted by molar-refractivity contribution is 0.0827. The van der Waals surface area contributed by atoms with E-state index in [1.807, 2.05) is 6.07 Å². The van der Waals surface area contributed by atoms with Gasteiger partial charge in [0.2, 0.25) is 0 Å². The normalized spacial score (nSPS) is 13.6. The van der Waals surface area contributed by atoms with Gasteiger partial charge in [0.15, 0.2) is 0 Å². The molecule has 0 saturated heterocycles. The molecule has 1 aliphatic rings. The van der Waals surface area contributed by atoms with Crippen LogP contribution in [0.15, 0.2) is 59.5 Å². The smallest absolute Gasteiger partial charge is 0.264 e. The van der Waals surface area contributed by atoms with E-state index in [9.17, 15) is 18.0 Å². The zero-order valence-corrected chi connectivity index (χ0v) is 23.2. The Morgan fingerprint density at radius 3 is 2.32 bits per heavy atom. The second-order valence-corrected chi connectivity index (χ2v) is 12.3. The standard InChI is InChI=1S/C27H32N4O4S2/c1-5-16-31-17-15-22-23(18-31)36-26(24(22)27(33)29(2)3)28-25(32)19-11-13-21(14-12-19)37(34,35)30(4)20-9-7-6-8-10-20/h6-14H,5,15-18H2,1-4H3,(H,28,32). The van der Waals surface area contributed by atoms with Gasteiger partial charge in [0.05, 0.1) is 16.1 Å². The zero-order chi connectivity index (χ0) is 26.7. The van der Waals surface area contributed by atoms with Crippen molar-refractivity contribution in [2.24, 2.45) is 0 Å². The number of anilines is 2. The van der Waals surface area contributed by atoms with Gasteiger partial charge in [-0.15, -0.1) is 11.3 Å². The molecule has 0 spiro atoms. The minimum atomic E-state index is -3.78. The van der Waals surface area contributed by atoms with Crippen LogP contribution in [-0.4, -0.2) is 64.3 Å². The number of hydrogen-bond acceptors (Lipinski definition) is 6. The van der Waals surface area contributed by atoms with Gasteiger partial charge in [0.1, 0.15) is 5.00 Å². The lowest BCUT2D eigenvalue weighted by Crippen LogP contribution is -2.32. The summed E-state index contributed by atoms with van der Waals surface area (Å²) in [5, 5.41) is 3.46. The number of thiophene rings is 1. The quantitative estimate of drug-likeness (QED) is 0.460. The summed E-state index contributed by atoms with van der Waals surface area (Å²) < 4.78 is 27.3. The third kappa shape index (κ3) is 5.56. The van der Waals surface area contributed by atoms with Crippen LogP contribution in [0.25, 0.3) is 0 Å². The van der Waals surface area contributed by atoms with Crippen molar-refractivity contribution in [2.45, 2.75) is 31.2 Å². The fourth-order valence-electron chi connectivity index (χ4n) is 4.39. The monoisotopic (exact) mass is 540 g/mol. The van der Waals surface area contributed by atoms with E-state index in [1.165, 1.54) is 51.9 Å². The van der Waals surface area contributed by atoms with Crippen LogP contribution in [-0.2, 0) is 23.0 Å². The summed E-state index contributed by atoms with van der Waals surface area (Å²) in [5.41, 5.74) is 2.42. The number of hydrogen-bond donors (Lipinski definition) is 1. The fourth-order valence-corrected chi connectivity index (χ4v) is 6.86. The largest absolute Gasteiger partial charge is 0.345 e. The number of carbonyl (C=O) groups is 2. The van der Waals surface area contributed by atoms with E-state index in [0.717, 1.165) is 42.9 Å². The Morgan fingerprint density at radius 1 is 1.03 bits per heavy atom. The van der Waals surface area contributed by atoms with Crippen LogP contribution in [0.4, 0.5) is 10.7 Å². The van der Waals surface area contributed by atoms with Gasteiger partial charge >= 0.3 is 0 Å². The Balaban J connectivity index is 1.57. The number of sulfonamides is 1. The minimum absolute atomic E-state index is 0.0847. The van der Waals surface area contributed by atoms with Gasteiger partial charge in [-0.2, -0.15) is 0 Å². The molecule has 8 nitrogen and oxygen atoms in total. The highest BCUT2D eigenvalue weighted by Crippen LogP contribution is 2.38. The molecule has 2 aromatic carbocycles. The third-order valence-electron chi connectivity index (χ3n) is 6.42. The van der Waals surface area contributed by atoms with Crippen LogP contribution in [0.3, 0.4) is 0 Å². The first-order valence-corrected chi connectivity index (χ1v) is 14.4. The van der Waals surface area contributed by atoms with Gasteiger partial charge in [-0.05, 0) is 61.3 Å². The molecule has 37 heavy (non-hydrogen) atoms. The van der Waals surface area contributed by atoms with Crippen molar-refractivity contribution in [3.05, 3.63) is 76.2 Å². The Kier molecular flexibility index (Phi) is 8.01. The average molecular weight is 541 g/mol. The molecule has 0 radical (unpaired) electrons. The highest BCUT2D eigenvalue weighted by atomic mass is 32.2. The summed E-state index contributed by atoms with van der Waals surface area (Å²) in [7, 11) is 1.12. The molecule has 1 aliphatic heterocycles. The van der Waals surface area contributed by atoms with Crippen molar-refractivity contribution in [3.8, 4) is 0 Å². The highest BCUT2D eigenvalue weighted by molar-refractivity contribution is 7.92. The minimum Gasteiger partial charge on any atom is -0.345 e. The van der Waals surface area contributed by atoms with Gasteiger partial charge < -0.3 is 10.2 Å². The molecule has 0 aliphatic carbocycles. The van der Waals surface area contributed by atoms with Crippen molar-refractivity contribution >= 4 is 43.9 Å². The van der Waals surface area contributed by atoms with Crippen LogP contribution < -0.4 is 9.62 Å². The molecule has 4 rings (SSSR count). The van der Waals surface area contributed by atoms with E-state index >= 15 is 0 Å². The topological polar surface area (TPSA) is 90.0 Å². The molecule has 196 valence electrons. The lowest BCUT2D eigenvalue weighted by atomic mass is 10.0. The lowest BCUT2D eigenvalue weighted by Gasteiger charge is -2.26. The molecule has 0 atom stereocenters. The summed E-state index contributed by atoms with van der Waals surface area (Å²) in [6.07, 6.45) is 1.82. The first-order valence-electron chi connectivity index (χ1n) is 12.2. The average Bonchev–Trinajstić information content (AvgIpc) is 3.25. The second kappa shape index (κ2) is 11.0. The molecule has 3 aromatic rings. The number of para-hydroxylation sites is 1. The first kappa shape index (κ1) is 26.8. The maximum Gasteiger partial charge on any atom is 0.264 e. The number of rotatable bonds is 8. The van der Waals surface area contributed by atoms with E-state index in [0.29, 0.717) is 21.8 Å². The summed E-state index contributed by atoms with van der Waals surface area (Å²) >= 11 is 1.45. The molecule has 10 heteroatoms. The number of benzene rings is 2. The van der Waals surface area contributed by atoms with Crippen LogP contribution in [0.1, 0.15) is 44.5 Å². The Hall–Kier alpha value is -3.21. The van der Waals surface area contributed by atoms with Crippen molar-refractivity contribution in [3.63, 3.8) is 0 Å². The Bertz CT molecular complexity index is 1380. The summed E-state index contributed by atoms with van der Waals surface area (Å²) in [6, 6.07) is 14.6. The van der Waals surface area contributed by atoms with Crippen LogP contribution >= 0.6 is 11.3 Å². The molecule has 1 aromatic heterocycles. The van der Waals surface area contributed by atoms with Crippen LogP contribution in [0.2, 0.25) is 0 Å².